The van der Waals surface area contributed by atoms with Crippen molar-refractivity contribution in [1.82, 2.24) is 14.3 Å². The molecule has 1 aromatic carbocycles. The van der Waals surface area contributed by atoms with Crippen molar-refractivity contribution in [3.8, 4) is 5.75 Å². The molecule has 0 atom stereocenters. The maximum atomic E-state index is 12.5. The summed E-state index contributed by atoms with van der Waals surface area (Å²) >= 11 is 1.41. The van der Waals surface area contributed by atoms with Crippen LogP contribution >= 0.6 is 11.5 Å². The highest BCUT2D eigenvalue weighted by molar-refractivity contribution is 7.09. The third kappa shape index (κ3) is 4.17. The summed E-state index contributed by atoms with van der Waals surface area (Å²) in [6.07, 6.45) is 3.09. The van der Waals surface area contributed by atoms with E-state index in [0.29, 0.717) is 25.3 Å². The van der Waals surface area contributed by atoms with Crippen molar-refractivity contribution in [2.75, 3.05) is 38.2 Å². The molecule has 3 aromatic rings. The average Bonchev–Trinajstić information content (AvgIpc) is 3.36. The molecule has 0 aliphatic carbocycles. The SMILES string of the molecule is COc1cccc(Cc2nsc(N3CCCN(C(=O)c4ccco4)CC3)n2)c1. The molecule has 1 amide bonds. The van der Waals surface area contributed by atoms with Crippen LogP contribution in [0.1, 0.15) is 28.4 Å². The summed E-state index contributed by atoms with van der Waals surface area (Å²) in [7, 11) is 1.66. The van der Waals surface area contributed by atoms with E-state index in [1.54, 1.807) is 19.2 Å². The Hall–Kier alpha value is -2.87. The van der Waals surface area contributed by atoms with Gasteiger partial charge < -0.3 is 19.0 Å². The first-order valence-electron chi connectivity index (χ1n) is 9.26. The van der Waals surface area contributed by atoms with Crippen molar-refractivity contribution in [3.63, 3.8) is 0 Å². The summed E-state index contributed by atoms with van der Waals surface area (Å²) in [6.45, 7) is 2.95. The lowest BCUT2D eigenvalue weighted by molar-refractivity contribution is 0.0735. The number of rotatable bonds is 5. The number of aromatic nitrogens is 2. The van der Waals surface area contributed by atoms with E-state index in [4.69, 9.17) is 14.1 Å². The zero-order chi connectivity index (χ0) is 19.3. The van der Waals surface area contributed by atoms with E-state index >= 15 is 0 Å². The minimum absolute atomic E-state index is 0.0529. The molecule has 0 spiro atoms. The molecule has 28 heavy (non-hydrogen) atoms. The summed E-state index contributed by atoms with van der Waals surface area (Å²) in [4.78, 5) is 21.3. The van der Waals surface area contributed by atoms with Crippen LogP contribution in [-0.4, -0.2) is 53.5 Å². The molecule has 1 saturated heterocycles. The highest BCUT2D eigenvalue weighted by Gasteiger charge is 2.23. The van der Waals surface area contributed by atoms with Crippen LogP contribution < -0.4 is 9.64 Å². The first kappa shape index (κ1) is 18.5. The fraction of sp³-hybridized carbons (Fsp3) is 0.350. The Morgan fingerprint density at radius 2 is 2.14 bits per heavy atom. The van der Waals surface area contributed by atoms with Gasteiger partial charge in [0.25, 0.3) is 5.91 Å². The van der Waals surface area contributed by atoms with Crippen molar-refractivity contribution in [2.24, 2.45) is 0 Å². The predicted molar refractivity (Wildman–Crippen MR) is 107 cm³/mol. The van der Waals surface area contributed by atoms with Crippen molar-refractivity contribution >= 4 is 22.6 Å². The second-order valence-corrected chi connectivity index (χ2v) is 7.36. The van der Waals surface area contributed by atoms with Gasteiger partial charge in [0.1, 0.15) is 11.6 Å². The molecule has 0 bridgehead atoms. The number of carbonyl (C=O) groups is 1. The van der Waals surface area contributed by atoms with Gasteiger partial charge in [-0.25, -0.2) is 4.98 Å². The highest BCUT2D eigenvalue weighted by atomic mass is 32.1. The van der Waals surface area contributed by atoms with E-state index < -0.39 is 0 Å². The van der Waals surface area contributed by atoms with Crippen molar-refractivity contribution in [1.29, 1.82) is 0 Å². The van der Waals surface area contributed by atoms with Crippen LogP contribution in [0.25, 0.3) is 0 Å². The van der Waals surface area contributed by atoms with Gasteiger partial charge in [0.2, 0.25) is 5.13 Å². The first-order valence-corrected chi connectivity index (χ1v) is 10.0. The predicted octanol–water partition coefficient (Wildman–Crippen LogP) is 3.08. The molecule has 1 fully saturated rings. The molecule has 0 radical (unpaired) electrons. The normalized spacial score (nSPS) is 14.8. The van der Waals surface area contributed by atoms with Gasteiger partial charge in [-0.2, -0.15) is 4.37 Å². The van der Waals surface area contributed by atoms with Gasteiger partial charge in [0, 0.05) is 44.1 Å². The van der Waals surface area contributed by atoms with E-state index in [-0.39, 0.29) is 5.91 Å². The van der Waals surface area contributed by atoms with E-state index in [1.807, 2.05) is 29.2 Å². The molecular formula is C20H22N4O3S. The van der Waals surface area contributed by atoms with E-state index in [0.717, 1.165) is 41.8 Å². The number of ether oxygens (including phenoxy) is 1. The molecule has 2 aromatic heterocycles. The van der Waals surface area contributed by atoms with Gasteiger partial charge in [0.05, 0.1) is 13.4 Å². The molecule has 0 saturated carbocycles. The van der Waals surface area contributed by atoms with Crippen LogP contribution in [-0.2, 0) is 6.42 Å². The molecule has 0 unspecified atom stereocenters. The van der Waals surface area contributed by atoms with E-state index in [2.05, 4.69) is 9.27 Å². The maximum Gasteiger partial charge on any atom is 0.289 e. The van der Waals surface area contributed by atoms with Crippen molar-refractivity contribution < 1.29 is 13.9 Å². The quantitative estimate of drug-likeness (QED) is 0.658. The lowest BCUT2D eigenvalue weighted by atomic mass is 10.1. The van der Waals surface area contributed by atoms with Crippen LogP contribution in [0.15, 0.2) is 47.1 Å². The zero-order valence-corrected chi connectivity index (χ0v) is 16.5. The minimum atomic E-state index is -0.0529. The third-order valence-corrected chi connectivity index (χ3v) is 5.55. The molecule has 3 heterocycles. The molecule has 1 aliphatic heterocycles. The second kappa shape index (κ2) is 8.43. The average molecular weight is 398 g/mol. The zero-order valence-electron chi connectivity index (χ0n) is 15.7. The number of amides is 1. The number of methoxy groups -OCH3 is 1. The Bertz CT molecular complexity index is 925. The lowest BCUT2D eigenvalue weighted by Crippen LogP contribution is -2.35. The summed E-state index contributed by atoms with van der Waals surface area (Å²) < 4.78 is 15.0. The van der Waals surface area contributed by atoms with Crippen LogP contribution in [0, 0.1) is 0 Å². The highest BCUT2D eigenvalue weighted by Crippen LogP contribution is 2.22. The fourth-order valence-corrected chi connectivity index (χ4v) is 4.01. The Kier molecular flexibility index (Phi) is 5.57. The standard InChI is InChI=1S/C20H22N4O3S/c1-26-16-6-2-5-15(13-16)14-18-21-20(28-22-18)24-9-4-8-23(10-11-24)19(25)17-7-3-12-27-17/h2-3,5-7,12-13H,4,8-11,14H2,1H3. The first-order chi connectivity index (χ1) is 13.7. The summed E-state index contributed by atoms with van der Waals surface area (Å²) in [5, 5.41) is 0.908. The van der Waals surface area contributed by atoms with Gasteiger partial charge in [-0.05, 0) is 36.2 Å². The summed E-state index contributed by atoms with van der Waals surface area (Å²) in [6, 6.07) is 11.4. The van der Waals surface area contributed by atoms with Gasteiger partial charge in [-0.15, -0.1) is 0 Å². The molecule has 146 valence electrons. The van der Waals surface area contributed by atoms with Crippen molar-refractivity contribution in [3.05, 3.63) is 59.8 Å². The van der Waals surface area contributed by atoms with Crippen LogP contribution in [0.3, 0.4) is 0 Å². The maximum absolute atomic E-state index is 12.5. The molecular weight excluding hydrogens is 376 g/mol. The fourth-order valence-electron chi connectivity index (χ4n) is 3.28. The van der Waals surface area contributed by atoms with Crippen molar-refractivity contribution in [2.45, 2.75) is 12.8 Å². The molecule has 4 rings (SSSR count). The van der Waals surface area contributed by atoms with E-state index in [9.17, 15) is 4.79 Å². The Balaban J connectivity index is 1.39. The summed E-state index contributed by atoms with van der Waals surface area (Å²) in [5.41, 5.74) is 1.12. The van der Waals surface area contributed by atoms with Crippen LogP contribution in [0.5, 0.6) is 5.75 Å². The largest absolute Gasteiger partial charge is 0.497 e. The van der Waals surface area contributed by atoms with Crippen LogP contribution in [0.2, 0.25) is 0 Å². The Morgan fingerprint density at radius 1 is 1.21 bits per heavy atom. The molecule has 0 N–H and O–H groups in total. The van der Waals surface area contributed by atoms with Gasteiger partial charge in [-0.1, -0.05) is 12.1 Å². The number of nitrogens with zero attached hydrogens (tertiary/aromatic N) is 4. The number of furan rings is 1. The lowest BCUT2D eigenvalue weighted by Gasteiger charge is -2.20. The molecule has 8 heteroatoms. The Labute approximate surface area is 167 Å². The van der Waals surface area contributed by atoms with E-state index in [1.165, 1.54) is 17.8 Å². The minimum Gasteiger partial charge on any atom is -0.497 e. The van der Waals surface area contributed by atoms with Gasteiger partial charge in [-0.3, -0.25) is 4.79 Å². The van der Waals surface area contributed by atoms with Gasteiger partial charge >= 0.3 is 0 Å². The number of hydrogen-bond donors (Lipinski definition) is 0. The van der Waals surface area contributed by atoms with Crippen LogP contribution in [0.4, 0.5) is 5.13 Å². The topological polar surface area (TPSA) is 71.7 Å². The number of hydrogen-bond acceptors (Lipinski definition) is 7. The Morgan fingerprint density at radius 3 is 2.96 bits per heavy atom. The smallest absolute Gasteiger partial charge is 0.289 e. The van der Waals surface area contributed by atoms with Gasteiger partial charge in [0.15, 0.2) is 5.76 Å². The number of carbonyl (C=O) groups excluding carboxylic acids is 1. The second-order valence-electron chi connectivity index (χ2n) is 6.63. The number of anilines is 1. The molecule has 1 aliphatic rings. The molecule has 7 nitrogen and oxygen atoms in total. The monoisotopic (exact) mass is 398 g/mol. The third-order valence-electron chi connectivity index (χ3n) is 4.74. The number of benzene rings is 1. The summed E-state index contributed by atoms with van der Waals surface area (Å²) in [5.74, 6) is 1.98.